The van der Waals surface area contributed by atoms with Crippen molar-refractivity contribution >= 4 is 60.9 Å². The molecule has 1 amide bonds. The summed E-state index contributed by atoms with van der Waals surface area (Å²) in [6.45, 7) is 4.90. The predicted octanol–water partition coefficient (Wildman–Crippen LogP) is 4.92. The van der Waals surface area contributed by atoms with Gasteiger partial charge < -0.3 is 4.74 Å². The molecule has 9 heteroatoms. The van der Waals surface area contributed by atoms with Gasteiger partial charge >= 0.3 is 0 Å². The number of carbonyl (C=O) groups excluding carboxylic acids is 1. The van der Waals surface area contributed by atoms with Gasteiger partial charge in [0.05, 0.1) is 29.9 Å². The van der Waals surface area contributed by atoms with Crippen molar-refractivity contribution in [2.45, 2.75) is 12.8 Å². The maximum Gasteiger partial charge on any atom is 0.233 e. The zero-order valence-electron chi connectivity index (χ0n) is 16.9. The summed E-state index contributed by atoms with van der Waals surface area (Å²) in [5.74, 6) is -0.327. The summed E-state index contributed by atoms with van der Waals surface area (Å²) in [6.07, 6.45) is 1.08. The minimum atomic E-state index is -0.301. The number of amides is 1. The van der Waals surface area contributed by atoms with E-state index in [-0.39, 0.29) is 30.6 Å². The van der Waals surface area contributed by atoms with Crippen molar-refractivity contribution in [2.24, 2.45) is 0 Å². The van der Waals surface area contributed by atoms with Gasteiger partial charge in [-0.05, 0) is 42.3 Å². The van der Waals surface area contributed by atoms with Crippen LogP contribution in [0.1, 0.15) is 12.0 Å². The number of ether oxygens (including phenoxy) is 1. The van der Waals surface area contributed by atoms with Crippen LogP contribution in [0.3, 0.4) is 0 Å². The fraction of sp³-hybridized carbons (Fsp3) is 0.364. The normalized spacial score (nSPS) is 14.4. The summed E-state index contributed by atoms with van der Waals surface area (Å²) in [6, 6.07) is 12.0. The SMILES string of the molecule is Cl.O=C(Cc1ccc(F)cc1)N(CCCN1CCOCC1)c1nc2ccc(Br)cc2s1. The molecule has 0 radical (unpaired) electrons. The number of carbonyl (C=O) groups is 1. The topological polar surface area (TPSA) is 45.7 Å². The number of rotatable bonds is 7. The van der Waals surface area contributed by atoms with E-state index in [2.05, 4.69) is 20.8 Å². The molecule has 2 heterocycles. The molecular formula is C22H24BrClFN3O2S. The van der Waals surface area contributed by atoms with Crippen LogP contribution in [0.25, 0.3) is 10.2 Å². The van der Waals surface area contributed by atoms with Crippen molar-refractivity contribution in [3.05, 3.63) is 58.3 Å². The van der Waals surface area contributed by atoms with Crippen molar-refractivity contribution in [3.63, 3.8) is 0 Å². The minimum Gasteiger partial charge on any atom is -0.379 e. The predicted molar refractivity (Wildman–Crippen MR) is 129 cm³/mol. The zero-order chi connectivity index (χ0) is 20.9. The van der Waals surface area contributed by atoms with Crippen LogP contribution in [-0.4, -0.2) is 55.2 Å². The molecule has 0 N–H and O–H groups in total. The minimum absolute atomic E-state index is 0. The van der Waals surface area contributed by atoms with E-state index in [9.17, 15) is 9.18 Å². The average molecular weight is 529 g/mol. The van der Waals surface area contributed by atoms with E-state index in [1.54, 1.807) is 17.0 Å². The molecule has 5 nitrogen and oxygen atoms in total. The maximum absolute atomic E-state index is 13.2. The fourth-order valence-corrected chi connectivity index (χ4v) is 5.04. The molecule has 0 spiro atoms. The number of hydrogen-bond donors (Lipinski definition) is 0. The van der Waals surface area contributed by atoms with Gasteiger partial charge in [0.15, 0.2) is 5.13 Å². The largest absolute Gasteiger partial charge is 0.379 e. The second-order valence-electron chi connectivity index (χ2n) is 7.26. The summed E-state index contributed by atoms with van der Waals surface area (Å²) in [5.41, 5.74) is 1.68. The molecule has 0 saturated carbocycles. The third-order valence-electron chi connectivity index (χ3n) is 5.10. The van der Waals surface area contributed by atoms with E-state index in [1.165, 1.54) is 23.5 Å². The molecule has 1 aliphatic heterocycles. The quantitative estimate of drug-likeness (QED) is 0.437. The molecule has 0 bridgehead atoms. The van der Waals surface area contributed by atoms with Crippen molar-refractivity contribution in [3.8, 4) is 0 Å². The Balaban J connectivity index is 0.00000272. The molecule has 1 aromatic heterocycles. The van der Waals surface area contributed by atoms with Gasteiger partial charge in [-0.15, -0.1) is 12.4 Å². The lowest BCUT2D eigenvalue weighted by Gasteiger charge is -2.27. The highest BCUT2D eigenvalue weighted by Gasteiger charge is 2.21. The first-order chi connectivity index (χ1) is 14.6. The molecule has 1 aliphatic rings. The van der Waals surface area contributed by atoms with Crippen LogP contribution in [0.5, 0.6) is 0 Å². The number of halogens is 3. The molecule has 31 heavy (non-hydrogen) atoms. The van der Waals surface area contributed by atoms with E-state index in [0.29, 0.717) is 11.7 Å². The lowest BCUT2D eigenvalue weighted by atomic mass is 10.1. The van der Waals surface area contributed by atoms with E-state index in [1.807, 2.05) is 18.2 Å². The van der Waals surface area contributed by atoms with Crippen molar-refractivity contribution in [1.82, 2.24) is 9.88 Å². The van der Waals surface area contributed by atoms with Gasteiger partial charge in [0.25, 0.3) is 0 Å². The summed E-state index contributed by atoms with van der Waals surface area (Å²) < 4.78 is 20.7. The third-order valence-corrected chi connectivity index (χ3v) is 6.63. The molecule has 1 saturated heterocycles. The van der Waals surface area contributed by atoms with Gasteiger partial charge in [-0.2, -0.15) is 0 Å². The van der Waals surface area contributed by atoms with E-state index in [0.717, 1.165) is 59.5 Å². The van der Waals surface area contributed by atoms with E-state index in [4.69, 9.17) is 9.72 Å². The molecule has 166 valence electrons. The Morgan fingerprint density at radius 1 is 1.19 bits per heavy atom. The number of anilines is 1. The molecule has 0 aliphatic carbocycles. The van der Waals surface area contributed by atoms with Gasteiger partial charge in [-0.25, -0.2) is 9.37 Å². The highest BCUT2D eigenvalue weighted by atomic mass is 79.9. The number of nitrogens with zero attached hydrogens (tertiary/aromatic N) is 3. The van der Waals surface area contributed by atoms with Crippen LogP contribution >= 0.6 is 39.7 Å². The van der Waals surface area contributed by atoms with Crippen molar-refractivity contribution in [2.75, 3.05) is 44.3 Å². The molecule has 2 aromatic carbocycles. The Hall–Kier alpha value is -1.58. The Bertz CT molecular complexity index is 1010. The van der Waals surface area contributed by atoms with Crippen LogP contribution in [0.15, 0.2) is 46.9 Å². The number of thiazole rings is 1. The molecular weight excluding hydrogens is 505 g/mol. The van der Waals surface area contributed by atoms with Gasteiger partial charge in [0.1, 0.15) is 5.82 Å². The van der Waals surface area contributed by atoms with Crippen molar-refractivity contribution < 1.29 is 13.9 Å². The first-order valence-corrected chi connectivity index (χ1v) is 11.6. The molecule has 4 rings (SSSR count). The summed E-state index contributed by atoms with van der Waals surface area (Å²) in [7, 11) is 0. The average Bonchev–Trinajstić information content (AvgIpc) is 3.16. The lowest BCUT2D eigenvalue weighted by molar-refractivity contribution is -0.118. The van der Waals surface area contributed by atoms with Gasteiger partial charge in [0, 0.05) is 30.7 Å². The molecule has 1 fully saturated rings. The van der Waals surface area contributed by atoms with Gasteiger partial charge in [-0.3, -0.25) is 14.6 Å². The highest BCUT2D eigenvalue weighted by Crippen LogP contribution is 2.31. The first kappa shape index (κ1) is 24.1. The fourth-order valence-electron chi connectivity index (χ4n) is 3.48. The summed E-state index contributed by atoms with van der Waals surface area (Å²) in [4.78, 5) is 22.0. The third kappa shape index (κ3) is 6.46. The van der Waals surface area contributed by atoms with Gasteiger partial charge in [0.2, 0.25) is 5.91 Å². The van der Waals surface area contributed by atoms with E-state index < -0.39 is 0 Å². The number of benzene rings is 2. The van der Waals surface area contributed by atoms with Crippen LogP contribution in [-0.2, 0) is 16.0 Å². The Morgan fingerprint density at radius 3 is 2.68 bits per heavy atom. The van der Waals surface area contributed by atoms with Gasteiger partial charge in [-0.1, -0.05) is 39.4 Å². The second kappa shape index (κ2) is 11.3. The monoisotopic (exact) mass is 527 g/mol. The summed E-state index contributed by atoms with van der Waals surface area (Å²) >= 11 is 5.01. The maximum atomic E-state index is 13.2. The molecule has 3 aromatic rings. The number of hydrogen-bond acceptors (Lipinski definition) is 5. The summed E-state index contributed by atoms with van der Waals surface area (Å²) in [5, 5.41) is 0.706. The lowest BCUT2D eigenvalue weighted by Crippen LogP contribution is -2.39. The van der Waals surface area contributed by atoms with Crippen molar-refractivity contribution in [1.29, 1.82) is 0 Å². The number of aromatic nitrogens is 1. The smallest absolute Gasteiger partial charge is 0.233 e. The molecule has 0 atom stereocenters. The van der Waals surface area contributed by atoms with Crippen LogP contribution in [0, 0.1) is 5.82 Å². The van der Waals surface area contributed by atoms with Crippen LogP contribution in [0.2, 0.25) is 0 Å². The zero-order valence-corrected chi connectivity index (χ0v) is 20.1. The number of fused-ring (bicyclic) bond motifs is 1. The Labute approximate surface area is 199 Å². The number of morpholine rings is 1. The van der Waals surface area contributed by atoms with Crippen LogP contribution < -0.4 is 4.90 Å². The second-order valence-corrected chi connectivity index (χ2v) is 9.19. The Kier molecular flexibility index (Phi) is 8.80. The van der Waals surface area contributed by atoms with Crippen LogP contribution in [0.4, 0.5) is 9.52 Å². The van der Waals surface area contributed by atoms with E-state index >= 15 is 0 Å². The molecule has 0 unspecified atom stereocenters. The first-order valence-electron chi connectivity index (χ1n) is 9.99. The highest BCUT2D eigenvalue weighted by molar-refractivity contribution is 9.10. The Morgan fingerprint density at radius 2 is 1.94 bits per heavy atom. The standard InChI is InChI=1S/C22H23BrFN3O2S.ClH/c23-17-4-7-19-20(15-17)30-22(25-19)27(9-1-8-26-10-12-29-13-11-26)21(28)14-16-2-5-18(24)6-3-16;/h2-7,15H,1,8-14H2;1H.